The van der Waals surface area contributed by atoms with Crippen LogP contribution >= 0.6 is 11.8 Å². The van der Waals surface area contributed by atoms with Crippen LogP contribution in [0.15, 0.2) is 59.5 Å². The summed E-state index contributed by atoms with van der Waals surface area (Å²) in [6, 6.07) is 14.3. The average Bonchev–Trinajstić information content (AvgIpc) is 2.67. The zero-order valence-corrected chi connectivity index (χ0v) is 16.7. The van der Waals surface area contributed by atoms with Gasteiger partial charge in [-0.1, -0.05) is 12.1 Å². The molecular formula is C21H22N2O4S. The van der Waals surface area contributed by atoms with Crippen LogP contribution in [-0.2, 0) is 19.1 Å². The van der Waals surface area contributed by atoms with Crippen molar-refractivity contribution < 1.29 is 19.1 Å². The Morgan fingerprint density at radius 2 is 1.54 bits per heavy atom. The van der Waals surface area contributed by atoms with Gasteiger partial charge in [-0.25, -0.2) is 4.79 Å². The summed E-state index contributed by atoms with van der Waals surface area (Å²) in [6.07, 6.45) is 3.97. The minimum atomic E-state index is -0.953. The van der Waals surface area contributed by atoms with Crippen LogP contribution in [0.2, 0.25) is 0 Å². The number of ether oxygens (including phenoxy) is 1. The van der Waals surface area contributed by atoms with E-state index in [1.54, 1.807) is 42.1 Å². The highest BCUT2D eigenvalue weighted by Crippen LogP contribution is 2.16. The monoisotopic (exact) mass is 398 g/mol. The minimum Gasteiger partial charge on any atom is -0.449 e. The molecule has 146 valence electrons. The van der Waals surface area contributed by atoms with Gasteiger partial charge in [0.1, 0.15) is 0 Å². The smallest absolute Gasteiger partial charge is 0.331 e. The van der Waals surface area contributed by atoms with Crippen LogP contribution in [0.3, 0.4) is 0 Å². The lowest BCUT2D eigenvalue weighted by Gasteiger charge is -2.12. The average molecular weight is 398 g/mol. The van der Waals surface area contributed by atoms with Crippen LogP contribution in [0.1, 0.15) is 19.4 Å². The largest absolute Gasteiger partial charge is 0.449 e. The van der Waals surface area contributed by atoms with Crippen LogP contribution in [0.4, 0.5) is 11.4 Å². The maximum absolute atomic E-state index is 12.2. The van der Waals surface area contributed by atoms with Gasteiger partial charge in [0.05, 0.1) is 0 Å². The second kappa shape index (κ2) is 10.3. The summed E-state index contributed by atoms with van der Waals surface area (Å²) in [5.74, 6) is -1.22. The van der Waals surface area contributed by atoms with Crippen LogP contribution in [0.25, 0.3) is 6.08 Å². The first-order valence-corrected chi connectivity index (χ1v) is 9.81. The molecular weight excluding hydrogens is 376 g/mol. The quantitative estimate of drug-likeness (QED) is 0.419. The fourth-order valence-electron chi connectivity index (χ4n) is 2.23. The van der Waals surface area contributed by atoms with E-state index < -0.39 is 18.0 Å². The van der Waals surface area contributed by atoms with Gasteiger partial charge in [0.2, 0.25) is 5.91 Å². The third-order valence-corrected chi connectivity index (χ3v) is 4.41. The number of thioether (sulfide) groups is 1. The summed E-state index contributed by atoms with van der Waals surface area (Å²) in [5.41, 5.74) is 2.03. The van der Waals surface area contributed by atoms with E-state index in [2.05, 4.69) is 10.6 Å². The normalized spacial score (nSPS) is 11.7. The number of nitrogens with one attached hydrogen (secondary N) is 2. The van der Waals surface area contributed by atoms with Gasteiger partial charge in [-0.05, 0) is 61.2 Å². The van der Waals surface area contributed by atoms with Gasteiger partial charge in [0, 0.05) is 29.3 Å². The molecule has 2 N–H and O–H groups in total. The van der Waals surface area contributed by atoms with Gasteiger partial charge >= 0.3 is 5.97 Å². The molecule has 0 bridgehead atoms. The Bertz CT molecular complexity index is 861. The summed E-state index contributed by atoms with van der Waals surface area (Å²) in [4.78, 5) is 36.2. The lowest BCUT2D eigenvalue weighted by atomic mass is 10.2. The molecule has 6 nitrogen and oxygen atoms in total. The molecule has 2 rings (SSSR count). The molecule has 2 amide bonds. The summed E-state index contributed by atoms with van der Waals surface area (Å²) < 4.78 is 5.13. The number of anilines is 2. The summed E-state index contributed by atoms with van der Waals surface area (Å²) in [5, 5.41) is 5.30. The zero-order chi connectivity index (χ0) is 20.5. The topological polar surface area (TPSA) is 84.5 Å². The Labute approximate surface area is 168 Å². The Hall–Kier alpha value is -3.06. The fourth-order valence-corrected chi connectivity index (χ4v) is 2.64. The van der Waals surface area contributed by atoms with Gasteiger partial charge in [0.25, 0.3) is 5.91 Å². The Morgan fingerprint density at radius 1 is 0.964 bits per heavy atom. The van der Waals surface area contributed by atoms with Gasteiger partial charge in [-0.2, -0.15) is 0 Å². The Morgan fingerprint density at radius 3 is 2.07 bits per heavy atom. The second-order valence-corrected chi connectivity index (χ2v) is 6.81. The van der Waals surface area contributed by atoms with E-state index in [1.165, 1.54) is 19.9 Å². The van der Waals surface area contributed by atoms with Crippen molar-refractivity contribution in [3.05, 3.63) is 60.2 Å². The lowest BCUT2D eigenvalue weighted by molar-refractivity contribution is -0.148. The van der Waals surface area contributed by atoms with Crippen molar-refractivity contribution in [3.8, 4) is 0 Å². The highest BCUT2D eigenvalue weighted by molar-refractivity contribution is 7.98. The molecule has 0 aromatic heterocycles. The first-order valence-electron chi connectivity index (χ1n) is 8.58. The standard InChI is InChI=1S/C21H22N2O4S/c1-14(21(26)23-18-9-7-17(8-10-18)22-15(2)24)27-20(25)13-6-16-4-11-19(28-3)12-5-16/h4-14H,1-3H3,(H,22,24)(H,23,26)/b13-6+/t14-/m0/s1. The summed E-state index contributed by atoms with van der Waals surface area (Å²) >= 11 is 1.64. The molecule has 0 spiro atoms. The zero-order valence-electron chi connectivity index (χ0n) is 15.9. The van der Waals surface area contributed by atoms with E-state index in [1.807, 2.05) is 30.5 Å². The number of hydrogen-bond acceptors (Lipinski definition) is 5. The van der Waals surface area contributed by atoms with Crippen LogP contribution in [0.5, 0.6) is 0 Å². The van der Waals surface area contributed by atoms with E-state index in [-0.39, 0.29) is 5.91 Å². The number of esters is 1. The van der Waals surface area contributed by atoms with Gasteiger partial charge in [0.15, 0.2) is 6.10 Å². The molecule has 0 saturated carbocycles. The maximum Gasteiger partial charge on any atom is 0.331 e. The molecule has 28 heavy (non-hydrogen) atoms. The van der Waals surface area contributed by atoms with Gasteiger partial charge in [-0.3, -0.25) is 9.59 Å². The highest BCUT2D eigenvalue weighted by Gasteiger charge is 2.16. The van der Waals surface area contributed by atoms with E-state index >= 15 is 0 Å². The number of benzene rings is 2. The highest BCUT2D eigenvalue weighted by atomic mass is 32.2. The number of hydrogen-bond donors (Lipinski definition) is 2. The molecule has 0 radical (unpaired) electrons. The number of carbonyl (C=O) groups excluding carboxylic acids is 3. The maximum atomic E-state index is 12.2. The summed E-state index contributed by atoms with van der Waals surface area (Å²) in [6.45, 7) is 2.92. The van der Waals surface area contributed by atoms with Gasteiger partial charge in [-0.15, -0.1) is 11.8 Å². The van der Waals surface area contributed by atoms with Crippen molar-refractivity contribution in [1.82, 2.24) is 0 Å². The molecule has 0 fully saturated rings. The molecule has 7 heteroatoms. The van der Waals surface area contributed by atoms with Crippen LogP contribution in [-0.4, -0.2) is 30.1 Å². The number of rotatable bonds is 7. The number of carbonyl (C=O) groups is 3. The van der Waals surface area contributed by atoms with Gasteiger partial charge < -0.3 is 15.4 Å². The van der Waals surface area contributed by atoms with E-state index in [0.717, 1.165) is 10.5 Å². The van der Waals surface area contributed by atoms with E-state index in [0.29, 0.717) is 11.4 Å². The van der Waals surface area contributed by atoms with Crippen LogP contribution in [0, 0.1) is 0 Å². The first kappa shape index (κ1) is 21.2. The summed E-state index contributed by atoms with van der Waals surface area (Å²) in [7, 11) is 0. The van der Waals surface area contributed by atoms with Crippen molar-refractivity contribution in [2.75, 3.05) is 16.9 Å². The van der Waals surface area contributed by atoms with Crippen molar-refractivity contribution in [2.45, 2.75) is 24.8 Å². The van der Waals surface area contributed by atoms with Crippen molar-refractivity contribution in [1.29, 1.82) is 0 Å². The first-order chi connectivity index (χ1) is 13.4. The van der Waals surface area contributed by atoms with E-state index in [4.69, 9.17) is 4.74 Å². The van der Waals surface area contributed by atoms with E-state index in [9.17, 15) is 14.4 Å². The molecule has 0 unspecified atom stereocenters. The predicted molar refractivity (Wildman–Crippen MR) is 112 cm³/mol. The Balaban J connectivity index is 1.85. The third kappa shape index (κ3) is 6.92. The molecule has 1 atom stereocenters. The lowest BCUT2D eigenvalue weighted by Crippen LogP contribution is -2.29. The number of amides is 2. The molecule has 2 aromatic carbocycles. The molecule has 0 heterocycles. The predicted octanol–water partition coefficient (Wildman–Crippen LogP) is 3.95. The SMILES string of the molecule is CSc1ccc(/C=C/C(=O)O[C@@H](C)C(=O)Nc2ccc(NC(C)=O)cc2)cc1. The third-order valence-electron chi connectivity index (χ3n) is 3.66. The Kier molecular flexibility index (Phi) is 7.83. The molecule has 2 aromatic rings. The molecule has 0 aliphatic rings. The molecule has 0 aliphatic heterocycles. The fraction of sp³-hybridized carbons (Fsp3) is 0.190. The molecule has 0 saturated heterocycles. The van der Waals surface area contributed by atoms with Crippen LogP contribution < -0.4 is 10.6 Å². The minimum absolute atomic E-state index is 0.175. The van der Waals surface area contributed by atoms with Crippen molar-refractivity contribution >= 4 is 47.0 Å². The van der Waals surface area contributed by atoms with Crippen molar-refractivity contribution in [3.63, 3.8) is 0 Å². The molecule has 0 aliphatic carbocycles. The second-order valence-electron chi connectivity index (χ2n) is 5.93. The van der Waals surface area contributed by atoms with Crippen molar-refractivity contribution in [2.24, 2.45) is 0 Å².